The van der Waals surface area contributed by atoms with E-state index in [0.717, 1.165) is 5.56 Å². The number of hydrogen-bond donors (Lipinski definition) is 1. The molecule has 1 N–H and O–H groups in total. The van der Waals surface area contributed by atoms with Crippen LogP contribution in [0.4, 0.5) is 4.79 Å². The molecule has 0 saturated carbocycles. The molecule has 0 aliphatic carbocycles. The second kappa shape index (κ2) is 5.36. The Kier molecular flexibility index (Phi) is 3.83. The van der Waals surface area contributed by atoms with Crippen LogP contribution in [0, 0.1) is 0 Å². The number of ether oxygens (including phenoxy) is 2. The predicted octanol–water partition coefficient (Wildman–Crippen LogP) is 3.64. The molecule has 1 aromatic carbocycles. The first-order valence-electron chi connectivity index (χ1n) is 4.81. The molecule has 0 radical (unpaired) electrons. The summed E-state index contributed by atoms with van der Waals surface area (Å²) in [5.41, 5.74) is 0.786. The monoisotopic (exact) mass is 329 g/mol. The molecule has 0 bridgehead atoms. The van der Waals surface area contributed by atoms with Gasteiger partial charge in [-0.15, -0.1) is 11.3 Å². The second-order valence-corrected chi connectivity index (χ2v) is 5.48. The van der Waals surface area contributed by atoms with Crippen LogP contribution in [-0.2, 0) is 0 Å². The van der Waals surface area contributed by atoms with Crippen molar-refractivity contribution in [1.29, 1.82) is 0 Å². The molecule has 0 spiro atoms. The van der Waals surface area contributed by atoms with Crippen LogP contribution in [0.25, 0.3) is 10.4 Å². The zero-order valence-corrected chi connectivity index (χ0v) is 11.6. The normalized spacial score (nSPS) is 10.1. The Bertz CT molecular complexity index is 584. The maximum absolute atomic E-state index is 10.6. The van der Waals surface area contributed by atoms with Gasteiger partial charge in [0.25, 0.3) is 0 Å². The van der Waals surface area contributed by atoms with Crippen LogP contribution in [0.3, 0.4) is 0 Å². The highest BCUT2D eigenvalue weighted by Gasteiger charge is 2.16. The molecule has 0 aliphatic rings. The van der Waals surface area contributed by atoms with E-state index >= 15 is 0 Å². The summed E-state index contributed by atoms with van der Waals surface area (Å²) < 4.78 is 10.3. The fourth-order valence-electron chi connectivity index (χ4n) is 1.38. The molecule has 1 aromatic heterocycles. The SMILES string of the molecule is COc1cccc(-c2sc(Br)nc2OC(=O)O)c1. The smallest absolute Gasteiger partial charge is 0.497 e. The van der Waals surface area contributed by atoms with Gasteiger partial charge in [-0.3, -0.25) is 0 Å². The Morgan fingerprint density at radius 1 is 1.50 bits per heavy atom. The number of benzene rings is 1. The van der Waals surface area contributed by atoms with Crippen molar-refractivity contribution in [2.24, 2.45) is 0 Å². The summed E-state index contributed by atoms with van der Waals surface area (Å²) >= 11 is 4.50. The molecule has 18 heavy (non-hydrogen) atoms. The molecule has 0 aliphatic heterocycles. The first kappa shape index (κ1) is 12.8. The molecule has 0 unspecified atom stereocenters. The van der Waals surface area contributed by atoms with Gasteiger partial charge in [0.1, 0.15) is 5.75 Å². The third-order valence-corrected chi connectivity index (χ3v) is 3.62. The zero-order chi connectivity index (χ0) is 13.1. The molecule has 0 fully saturated rings. The molecule has 1 heterocycles. The van der Waals surface area contributed by atoms with Crippen LogP contribution in [0.15, 0.2) is 28.2 Å². The number of methoxy groups -OCH3 is 1. The first-order valence-corrected chi connectivity index (χ1v) is 6.42. The van der Waals surface area contributed by atoms with E-state index in [4.69, 9.17) is 9.84 Å². The highest BCUT2D eigenvalue weighted by molar-refractivity contribution is 9.11. The van der Waals surface area contributed by atoms with Crippen molar-refractivity contribution in [1.82, 2.24) is 4.98 Å². The van der Waals surface area contributed by atoms with E-state index in [9.17, 15) is 4.79 Å². The summed E-state index contributed by atoms with van der Waals surface area (Å²) in [5, 5.41) is 8.65. The molecule has 7 heteroatoms. The lowest BCUT2D eigenvalue weighted by Crippen LogP contribution is -2.03. The number of nitrogens with zero attached hydrogens (tertiary/aromatic N) is 1. The van der Waals surface area contributed by atoms with Crippen LogP contribution >= 0.6 is 27.3 Å². The fourth-order valence-corrected chi connectivity index (χ4v) is 2.74. The minimum atomic E-state index is -1.39. The number of carboxylic acid groups (broad SMARTS) is 1. The lowest BCUT2D eigenvalue weighted by molar-refractivity contribution is 0.143. The molecule has 0 amide bonds. The van der Waals surface area contributed by atoms with Crippen molar-refractivity contribution in [2.45, 2.75) is 0 Å². The quantitative estimate of drug-likeness (QED) is 0.870. The van der Waals surface area contributed by atoms with Gasteiger partial charge in [-0.05, 0) is 28.1 Å². The number of aromatic nitrogens is 1. The second-order valence-electron chi connectivity index (χ2n) is 3.20. The Labute approximate surface area is 115 Å². The summed E-state index contributed by atoms with van der Waals surface area (Å²) in [4.78, 5) is 15.2. The van der Waals surface area contributed by atoms with Crippen molar-refractivity contribution >= 4 is 33.4 Å². The fraction of sp³-hybridized carbons (Fsp3) is 0.0909. The number of rotatable bonds is 3. The molecule has 94 valence electrons. The van der Waals surface area contributed by atoms with Crippen LogP contribution in [0.1, 0.15) is 0 Å². The summed E-state index contributed by atoms with van der Waals surface area (Å²) in [5.74, 6) is 0.742. The minimum absolute atomic E-state index is 0.0626. The van der Waals surface area contributed by atoms with Gasteiger partial charge in [0, 0.05) is 5.56 Å². The van der Waals surface area contributed by atoms with E-state index in [-0.39, 0.29) is 5.88 Å². The summed E-state index contributed by atoms with van der Waals surface area (Å²) in [7, 11) is 1.57. The van der Waals surface area contributed by atoms with Crippen molar-refractivity contribution < 1.29 is 19.4 Å². The molecular weight excluding hydrogens is 322 g/mol. The van der Waals surface area contributed by atoms with E-state index in [0.29, 0.717) is 14.5 Å². The Hall–Kier alpha value is -1.60. The Morgan fingerprint density at radius 2 is 2.28 bits per heavy atom. The molecule has 5 nitrogen and oxygen atoms in total. The van der Waals surface area contributed by atoms with E-state index in [2.05, 4.69) is 25.7 Å². The first-order chi connectivity index (χ1) is 8.60. The lowest BCUT2D eigenvalue weighted by Gasteiger charge is -2.03. The maximum atomic E-state index is 10.6. The number of thiazole rings is 1. The van der Waals surface area contributed by atoms with Gasteiger partial charge in [0.05, 0.1) is 12.0 Å². The van der Waals surface area contributed by atoms with Crippen molar-refractivity contribution in [3.63, 3.8) is 0 Å². The van der Waals surface area contributed by atoms with Crippen molar-refractivity contribution in [3.8, 4) is 22.1 Å². The van der Waals surface area contributed by atoms with Crippen LogP contribution < -0.4 is 9.47 Å². The van der Waals surface area contributed by atoms with E-state index in [1.165, 1.54) is 11.3 Å². The number of hydrogen-bond acceptors (Lipinski definition) is 5. The van der Waals surface area contributed by atoms with Crippen LogP contribution in [0.5, 0.6) is 11.6 Å². The molecule has 0 saturated heterocycles. The van der Waals surface area contributed by atoms with E-state index < -0.39 is 6.16 Å². The highest BCUT2D eigenvalue weighted by atomic mass is 79.9. The zero-order valence-electron chi connectivity index (χ0n) is 9.21. The average Bonchev–Trinajstić information content (AvgIpc) is 2.69. The van der Waals surface area contributed by atoms with Crippen LogP contribution in [0.2, 0.25) is 0 Å². The Morgan fingerprint density at radius 3 is 2.94 bits per heavy atom. The lowest BCUT2D eigenvalue weighted by atomic mass is 10.2. The maximum Gasteiger partial charge on any atom is 0.512 e. The number of halogens is 1. The van der Waals surface area contributed by atoms with E-state index in [1.54, 1.807) is 19.2 Å². The minimum Gasteiger partial charge on any atom is -0.497 e. The molecule has 2 rings (SSSR count). The van der Waals surface area contributed by atoms with Gasteiger partial charge in [0.2, 0.25) is 5.88 Å². The van der Waals surface area contributed by atoms with Crippen molar-refractivity contribution in [2.75, 3.05) is 7.11 Å². The van der Waals surface area contributed by atoms with Gasteiger partial charge in [-0.25, -0.2) is 4.79 Å². The summed E-state index contributed by atoms with van der Waals surface area (Å²) in [6.07, 6.45) is -1.39. The van der Waals surface area contributed by atoms with Gasteiger partial charge >= 0.3 is 6.16 Å². The van der Waals surface area contributed by atoms with Gasteiger partial charge in [0.15, 0.2) is 3.92 Å². The van der Waals surface area contributed by atoms with Crippen LogP contribution in [-0.4, -0.2) is 23.4 Å². The average molecular weight is 330 g/mol. The molecular formula is C11H8BrNO4S. The standard InChI is InChI=1S/C11H8BrNO4S/c1-16-7-4-2-3-6(5-7)8-9(17-11(14)15)13-10(12)18-8/h2-5H,1H3,(H,14,15). The van der Waals surface area contributed by atoms with Gasteiger partial charge < -0.3 is 14.6 Å². The third kappa shape index (κ3) is 2.80. The van der Waals surface area contributed by atoms with Crippen molar-refractivity contribution in [3.05, 3.63) is 28.2 Å². The summed E-state index contributed by atoms with van der Waals surface area (Å²) in [6, 6.07) is 7.23. The third-order valence-electron chi connectivity index (χ3n) is 2.09. The number of carbonyl (C=O) groups is 1. The largest absolute Gasteiger partial charge is 0.512 e. The van der Waals surface area contributed by atoms with Gasteiger partial charge in [-0.1, -0.05) is 12.1 Å². The molecule has 0 atom stereocenters. The van der Waals surface area contributed by atoms with Gasteiger partial charge in [-0.2, -0.15) is 4.98 Å². The highest BCUT2D eigenvalue weighted by Crippen LogP contribution is 2.39. The summed E-state index contributed by atoms with van der Waals surface area (Å²) in [6.45, 7) is 0. The predicted molar refractivity (Wildman–Crippen MR) is 70.5 cm³/mol. The topological polar surface area (TPSA) is 68.7 Å². The molecule has 2 aromatic rings. The van der Waals surface area contributed by atoms with E-state index in [1.807, 2.05) is 12.1 Å². The Balaban J connectivity index is 2.45.